The van der Waals surface area contributed by atoms with E-state index in [0.717, 1.165) is 25.8 Å². The second-order valence-electron chi connectivity index (χ2n) is 4.34. The zero-order valence-electron chi connectivity index (χ0n) is 11.5. The van der Waals surface area contributed by atoms with Crippen molar-refractivity contribution in [2.24, 2.45) is 0 Å². The molecule has 1 atom stereocenters. The molecule has 5 nitrogen and oxygen atoms in total. The minimum atomic E-state index is -0.0878. The van der Waals surface area contributed by atoms with Gasteiger partial charge in [-0.15, -0.1) is 5.10 Å². The monoisotopic (exact) mass is 253 g/mol. The van der Waals surface area contributed by atoms with Crippen molar-refractivity contribution in [3.05, 3.63) is 22.5 Å². The topological polar surface area (TPSA) is 56.1 Å². The van der Waals surface area contributed by atoms with Crippen molar-refractivity contribution >= 4 is 0 Å². The van der Waals surface area contributed by atoms with Crippen LogP contribution >= 0.6 is 0 Å². The first-order valence-corrected chi connectivity index (χ1v) is 6.56. The van der Waals surface area contributed by atoms with Crippen molar-refractivity contribution in [3.8, 4) is 5.88 Å². The predicted molar refractivity (Wildman–Crippen MR) is 72.0 cm³/mol. The van der Waals surface area contributed by atoms with Gasteiger partial charge in [0.2, 0.25) is 5.88 Å². The molecule has 0 aliphatic rings. The first-order chi connectivity index (χ1) is 8.71. The van der Waals surface area contributed by atoms with Gasteiger partial charge in [0, 0.05) is 18.2 Å². The van der Waals surface area contributed by atoms with Crippen LogP contribution < -0.4 is 15.6 Å². The highest BCUT2D eigenvalue weighted by atomic mass is 16.5. The van der Waals surface area contributed by atoms with E-state index in [2.05, 4.69) is 24.3 Å². The van der Waals surface area contributed by atoms with Crippen LogP contribution in [0.15, 0.2) is 16.9 Å². The van der Waals surface area contributed by atoms with Gasteiger partial charge in [-0.2, -0.15) is 0 Å². The van der Waals surface area contributed by atoms with Crippen LogP contribution in [0.5, 0.6) is 5.88 Å². The van der Waals surface area contributed by atoms with Crippen LogP contribution in [0.1, 0.15) is 33.1 Å². The minimum absolute atomic E-state index is 0.0878. The van der Waals surface area contributed by atoms with Crippen LogP contribution in [0.2, 0.25) is 0 Å². The van der Waals surface area contributed by atoms with E-state index in [1.807, 2.05) is 0 Å². The van der Waals surface area contributed by atoms with Crippen LogP contribution in [0.4, 0.5) is 0 Å². The Morgan fingerprint density at radius 1 is 1.39 bits per heavy atom. The molecule has 0 radical (unpaired) electrons. The molecule has 0 spiro atoms. The van der Waals surface area contributed by atoms with Gasteiger partial charge in [-0.05, 0) is 19.4 Å². The lowest BCUT2D eigenvalue weighted by Crippen LogP contribution is -2.37. The third kappa shape index (κ3) is 4.49. The molecule has 0 aromatic carbocycles. The Kier molecular flexibility index (Phi) is 6.43. The molecule has 0 saturated carbocycles. The Morgan fingerprint density at radius 2 is 2.17 bits per heavy atom. The van der Waals surface area contributed by atoms with Gasteiger partial charge in [-0.1, -0.05) is 20.3 Å². The molecule has 102 valence electrons. The zero-order valence-corrected chi connectivity index (χ0v) is 11.5. The van der Waals surface area contributed by atoms with Crippen molar-refractivity contribution in [3.63, 3.8) is 0 Å². The number of hydrogen-bond acceptors (Lipinski definition) is 4. The molecule has 0 amide bonds. The number of ether oxygens (including phenoxy) is 1. The van der Waals surface area contributed by atoms with E-state index in [1.54, 1.807) is 13.2 Å². The SMILES string of the molecule is CCCNC(CCC)Cn1nc(OC)ccc1=O. The summed E-state index contributed by atoms with van der Waals surface area (Å²) >= 11 is 0. The van der Waals surface area contributed by atoms with Gasteiger partial charge in [0.05, 0.1) is 13.7 Å². The number of hydrogen-bond donors (Lipinski definition) is 1. The van der Waals surface area contributed by atoms with Gasteiger partial charge < -0.3 is 10.1 Å². The molecule has 0 fully saturated rings. The maximum Gasteiger partial charge on any atom is 0.267 e. The van der Waals surface area contributed by atoms with Crippen molar-refractivity contribution in [2.45, 2.75) is 45.7 Å². The average molecular weight is 253 g/mol. The van der Waals surface area contributed by atoms with E-state index in [4.69, 9.17) is 4.74 Å². The van der Waals surface area contributed by atoms with E-state index in [-0.39, 0.29) is 11.6 Å². The van der Waals surface area contributed by atoms with Crippen molar-refractivity contribution in [1.82, 2.24) is 15.1 Å². The number of nitrogens with one attached hydrogen (secondary N) is 1. The van der Waals surface area contributed by atoms with Gasteiger partial charge in [0.15, 0.2) is 0 Å². The normalized spacial score (nSPS) is 12.4. The molecule has 0 aliphatic carbocycles. The highest BCUT2D eigenvalue weighted by Gasteiger charge is 2.10. The maximum absolute atomic E-state index is 11.7. The van der Waals surface area contributed by atoms with E-state index in [1.165, 1.54) is 10.7 Å². The molecule has 1 N–H and O–H groups in total. The third-order valence-corrected chi connectivity index (χ3v) is 2.76. The molecule has 1 heterocycles. The zero-order chi connectivity index (χ0) is 13.4. The number of nitrogens with zero attached hydrogens (tertiary/aromatic N) is 2. The summed E-state index contributed by atoms with van der Waals surface area (Å²) < 4.78 is 6.52. The van der Waals surface area contributed by atoms with E-state index in [0.29, 0.717) is 12.4 Å². The number of aromatic nitrogens is 2. The van der Waals surface area contributed by atoms with Crippen molar-refractivity contribution in [1.29, 1.82) is 0 Å². The Morgan fingerprint density at radius 3 is 2.78 bits per heavy atom. The van der Waals surface area contributed by atoms with Crippen LogP contribution in [-0.4, -0.2) is 29.5 Å². The summed E-state index contributed by atoms with van der Waals surface area (Å²) in [5, 5.41) is 7.61. The fourth-order valence-electron chi connectivity index (χ4n) is 1.83. The Balaban J connectivity index is 2.75. The Hall–Kier alpha value is -1.36. The number of rotatable bonds is 8. The Bertz CT molecular complexity index is 403. The highest BCUT2D eigenvalue weighted by Crippen LogP contribution is 2.03. The second kappa shape index (κ2) is 7.87. The summed E-state index contributed by atoms with van der Waals surface area (Å²) in [6, 6.07) is 3.37. The lowest BCUT2D eigenvalue weighted by Gasteiger charge is -2.18. The molecule has 1 rings (SSSR count). The van der Waals surface area contributed by atoms with Crippen molar-refractivity contribution in [2.75, 3.05) is 13.7 Å². The summed E-state index contributed by atoms with van der Waals surface area (Å²) in [6.45, 7) is 5.82. The second-order valence-corrected chi connectivity index (χ2v) is 4.34. The molecule has 1 unspecified atom stereocenters. The average Bonchev–Trinajstić information content (AvgIpc) is 2.38. The molecule has 18 heavy (non-hydrogen) atoms. The van der Waals surface area contributed by atoms with Crippen LogP contribution in [0.3, 0.4) is 0 Å². The van der Waals surface area contributed by atoms with Gasteiger partial charge in [0.25, 0.3) is 5.56 Å². The summed E-state index contributed by atoms with van der Waals surface area (Å²) in [5.41, 5.74) is -0.0878. The molecule has 0 saturated heterocycles. The fraction of sp³-hybridized carbons (Fsp3) is 0.692. The lowest BCUT2D eigenvalue weighted by molar-refractivity contribution is 0.351. The van der Waals surface area contributed by atoms with Gasteiger partial charge in [-0.25, -0.2) is 4.68 Å². The minimum Gasteiger partial charge on any atom is -0.480 e. The van der Waals surface area contributed by atoms with Crippen LogP contribution in [0, 0.1) is 0 Å². The van der Waals surface area contributed by atoms with E-state index in [9.17, 15) is 4.79 Å². The summed E-state index contributed by atoms with van der Waals surface area (Å²) in [6.07, 6.45) is 3.20. The predicted octanol–water partition coefficient (Wildman–Crippen LogP) is 1.42. The Labute approximate surface area is 108 Å². The van der Waals surface area contributed by atoms with Gasteiger partial charge >= 0.3 is 0 Å². The van der Waals surface area contributed by atoms with Crippen LogP contribution in [-0.2, 0) is 6.54 Å². The fourth-order valence-corrected chi connectivity index (χ4v) is 1.83. The highest BCUT2D eigenvalue weighted by molar-refractivity contribution is 5.06. The number of methoxy groups -OCH3 is 1. The molecule has 1 aromatic heterocycles. The smallest absolute Gasteiger partial charge is 0.267 e. The molecule has 1 aromatic rings. The molecule has 5 heteroatoms. The van der Waals surface area contributed by atoms with Gasteiger partial charge in [-0.3, -0.25) is 4.79 Å². The summed E-state index contributed by atoms with van der Waals surface area (Å²) in [5.74, 6) is 0.473. The van der Waals surface area contributed by atoms with Crippen molar-refractivity contribution < 1.29 is 4.74 Å². The van der Waals surface area contributed by atoms with E-state index < -0.39 is 0 Å². The summed E-state index contributed by atoms with van der Waals surface area (Å²) in [4.78, 5) is 11.7. The van der Waals surface area contributed by atoms with Gasteiger partial charge in [0.1, 0.15) is 0 Å². The largest absolute Gasteiger partial charge is 0.480 e. The first kappa shape index (κ1) is 14.7. The third-order valence-electron chi connectivity index (χ3n) is 2.76. The van der Waals surface area contributed by atoms with E-state index >= 15 is 0 Å². The lowest BCUT2D eigenvalue weighted by atomic mass is 10.1. The maximum atomic E-state index is 11.7. The molecule has 0 bridgehead atoms. The molecular weight excluding hydrogens is 230 g/mol. The quantitative estimate of drug-likeness (QED) is 0.761. The first-order valence-electron chi connectivity index (χ1n) is 6.56. The molecule has 0 aliphatic heterocycles. The van der Waals surface area contributed by atoms with Crippen LogP contribution in [0.25, 0.3) is 0 Å². The summed E-state index contributed by atoms with van der Waals surface area (Å²) in [7, 11) is 1.55. The standard InChI is InChI=1S/C13H23N3O2/c1-4-6-11(14-9-5-2)10-16-13(17)8-7-12(15-16)18-3/h7-8,11,14H,4-6,9-10H2,1-3H3. The molecular formula is C13H23N3O2.